The van der Waals surface area contributed by atoms with Crippen molar-refractivity contribution in [2.75, 3.05) is 6.54 Å². The van der Waals surface area contributed by atoms with Gasteiger partial charge in [-0.15, -0.1) is 11.8 Å². The number of hydrogen-bond acceptors (Lipinski definition) is 3. The van der Waals surface area contributed by atoms with Gasteiger partial charge in [0.1, 0.15) is 0 Å². The Morgan fingerprint density at radius 3 is 2.60 bits per heavy atom. The van der Waals surface area contributed by atoms with Crippen molar-refractivity contribution in [2.45, 2.75) is 10.1 Å². The Labute approximate surface area is 123 Å². The van der Waals surface area contributed by atoms with E-state index < -0.39 is 0 Å². The highest BCUT2D eigenvalue weighted by Gasteiger charge is 2.11. The third kappa shape index (κ3) is 2.84. The third-order valence-corrected chi connectivity index (χ3v) is 4.54. The molecular formula is C17H16N2S. The Morgan fingerprint density at radius 1 is 1.00 bits per heavy atom. The molecule has 1 unspecified atom stereocenters. The number of rotatable bonds is 4. The van der Waals surface area contributed by atoms with Gasteiger partial charge in [0.25, 0.3) is 0 Å². The first-order chi connectivity index (χ1) is 9.86. The first-order valence-electron chi connectivity index (χ1n) is 6.62. The normalized spacial score (nSPS) is 12.4. The van der Waals surface area contributed by atoms with E-state index in [1.54, 1.807) is 18.0 Å². The van der Waals surface area contributed by atoms with Crippen LogP contribution < -0.4 is 5.73 Å². The molecule has 0 bridgehead atoms. The summed E-state index contributed by atoms with van der Waals surface area (Å²) in [4.78, 5) is 5.42. The number of benzene rings is 2. The molecule has 0 radical (unpaired) electrons. The van der Waals surface area contributed by atoms with Crippen LogP contribution in [0.1, 0.15) is 10.8 Å². The van der Waals surface area contributed by atoms with Crippen LogP contribution in [0, 0.1) is 0 Å². The summed E-state index contributed by atoms with van der Waals surface area (Å²) in [5, 5.41) is 2.77. The highest BCUT2D eigenvalue weighted by atomic mass is 32.2. The van der Waals surface area contributed by atoms with Gasteiger partial charge in [0, 0.05) is 29.1 Å². The summed E-state index contributed by atoms with van der Waals surface area (Å²) < 4.78 is 0. The summed E-state index contributed by atoms with van der Waals surface area (Å²) in [6.07, 6.45) is 3.68. The first-order valence-corrected chi connectivity index (χ1v) is 7.50. The molecule has 0 saturated carbocycles. The Hall–Kier alpha value is -1.84. The zero-order valence-corrected chi connectivity index (χ0v) is 11.9. The largest absolute Gasteiger partial charge is 0.329 e. The van der Waals surface area contributed by atoms with E-state index in [1.165, 1.54) is 21.2 Å². The maximum atomic E-state index is 5.92. The average Bonchev–Trinajstić information content (AvgIpc) is 2.53. The van der Waals surface area contributed by atoms with E-state index in [9.17, 15) is 0 Å². The molecule has 0 aliphatic rings. The molecule has 2 nitrogen and oxygen atoms in total. The molecule has 100 valence electrons. The van der Waals surface area contributed by atoms with Crippen LogP contribution >= 0.6 is 11.8 Å². The fourth-order valence-corrected chi connectivity index (χ4v) is 3.27. The second-order valence-corrected chi connectivity index (χ2v) is 5.91. The molecule has 3 aromatic rings. The minimum Gasteiger partial charge on any atom is -0.329 e. The van der Waals surface area contributed by atoms with Crippen molar-refractivity contribution < 1.29 is 0 Å². The fourth-order valence-electron chi connectivity index (χ4n) is 2.22. The smallest absolute Gasteiger partial charge is 0.0482 e. The number of thioether (sulfide) groups is 1. The van der Waals surface area contributed by atoms with Crippen LogP contribution in [0.3, 0.4) is 0 Å². The van der Waals surface area contributed by atoms with E-state index in [4.69, 9.17) is 5.73 Å². The molecule has 0 fully saturated rings. The van der Waals surface area contributed by atoms with Crippen LogP contribution in [0.15, 0.2) is 71.9 Å². The van der Waals surface area contributed by atoms with Crippen LogP contribution in [0.25, 0.3) is 10.8 Å². The third-order valence-electron chi connectivity index (χ3n) is 3.27. The Balaban J connectivity index is 1.87. The van der Waals surface area contributed by atoms with Gasteiger partial charge in [0.05, 0.1) is 0 Å². The van der Waals surface area contributed by atoms with E-state index in [2.05, 4.69) is 53.5 Å². The zero-order chi connectivity index (χ0) is 13.8. The molecule has 0 aliphatic heterocycles. The van der Waals surface area contributed by atoms with Gasteiger partial charge in [-0.1, -0.05) is 36.4 Å². The van der Waals surface area contributed by atoms with Gasteiger partial charge >= 0.3 is 0 Å². The lowest BCUT2D eigenvalue weighted by molar-refractivity contribution is 0.932. The number of fused-ring (bicyclic) bond motifs is 1. The van der Waals surface area contributed by atoms with E-state index in [0.717, 1.165) is 0 Å². The molecule has 0 amide bonds. The van der Waals surface area contributed by atoms with Crippen molar-refractivity contribution >= 4 is 22.5 Å². The van der Waals surface area contributed by atoms with Crippen LogP contribution in [0.5, 0.6) is 0 Å². The predicted octanol–water partition coefficient (Wildman–Crippen LogP) is 4.03. The molecular weight excluding hydrogens is 264 g/mol. The van der Waals surface area contributed by atoms with E-state index in [-0.39, 0.29) is 5.25 Å². The fraction of sp³-hybridized carbons (Fsp3) is 0.118. The SMILES string of the molecule is NCC(Sc1ccc2ccccc2c1)c1cccnc1. The monoisotopic (exact) mass is 280 g/mol. The lowest BCUT2D eigenvalue weighted by atomic mass is 10.1. The molecule has 2 aromatic carbocycles. The molecule has 0 aliphatic carbocycles. The molecule has 20 heavy (non-hydrogen) atoms. The zero-order valence-electron chi connectivity index (χ0n) is 11.1. The highest BCUT2D eigenvalue weighted by molar-refractivity contribution is 7.99. The van der Waals surface area contributed by atoms with Crippen LogP contribution in [0.4, 0.5) is 0 Å². The Kier molecular flexibility index (Phi) is 4.00. The molecule has 1 aromatic heterocycles. The quantitative estimate of drug-likeness (QED) is 0.733. The molecule has 1 atom stereocenters. The van der Waals surface area contributed by atoms with E-state index in [1.807, 2.05) is 12.3 Å². The lowest BCUT2D eigenvalue weighted by Crippen LogP contribution is -2.09. The molecule has 0 saturated heterocycles. The molecule has 2 N–H and O–H groups in total. The van der Waals surface area contributed by atoms with Crippen LogP contribution in [-0.2, 0) is 0 Å². The standard InChI is InChI=1S/C17H16N2S/c18-11-17(15-6-3-9-19-12-15)20-16-8-7-13-4-1-2-5-14(13)10-16/h1-10,12,17H,11,18H2. The summed E-state index contributed by atoms with van der Waals surface area (Å²) in [7, 11) is 0. The van der Waals surface area contributed by atoms with Crippen molar-refractivity contribution in [1.29, 1.82) is 0 Å². The van der Waals surface area contributed by atoms with Gasteiger partial charge in [-0.05, 0) is 34.5 Å². The average molecular weight is 280 g/mol. The summed E-state index contributed by atoms with van der Waals surface area (Å²) in [6.45, 7) is 0.600. The minimum atomic E-state index is 0.241. The summed E-state index contributed by atoms with van der Waals surface area (Å²) in [5.74, 6) is 0. The highest BCUT2D eigenvalue weighted by Crippen LogP contribution is 2.35. The minimum absolute atomic E-state index is 0.241. The van der Waals surface area contributed by atoms with Crippen molar-refractivity contribution in [2.24, 2.45) is 5.73 Å². The summed E-state index contributed by atoms with van der Waals surface area (Å²) in [6, 6.07) is 19.0. The van der Waals surface area contributed by atoms with Crippen LogP contribution in [0.2, 0.25) is 0 Å². The molecule has 1 heterocycles. The molecule has 0 spiro atoms. The van der Waals surface area contributed by atoms with Gasteiger partial charge in [-0.25, -0.2) is 0 Å². The van der Waals surface area contributed by atoms with E-state index in [0.29, 0.717) is 6.54 Å². The van der Waals surface area contributed by atoms with Crippen LogP contribution in [-0.4, -0.2) is 11.5 Å². The van der Waals surface area contributed by atoms with Gasteiger partial charge in [0.15, 0.2) is 0 Å². The van der Waals surface area contributed by atoms with Crippen molar-refractivity contribution in [1.82, 2.24) is 4.98 Å². The van der Waals surface area contributed by atoms with Gasteiger partial charge in [0.2, 0.25) is 0 Å². The number of nitrogens with two attached hydrogens (primary N) is 1. The first kappa shape index (κ1) is 13.2. The van der Waals surface area contributed by atoms with Crippen molar-refractivity contribution in [3.05, 3.63) is 72.6 Å². The lowest BCUT2D eigenvalue weighted by Gasteiger charge is -2.14. The maximum Gasteiger partial charge on any atom is 0.0482 e. The maximum absolute atomic E-state index is 5.92. The number of nitrogens with zero attached hydrogens (tertiary/aromatic N) is 1. The number of pyridine rings is 1. The second kappa shape index (κ2) is 6.07. The van der Waals surface area contributed by atoms with Crippen molar-refractivity contribution in [3.63, 3.8) is 0 Å². The van der Waals surface area contributed by atoms with Gasteiger partial charge < -0.3 is 5.73 Å². The number of hydrogen-bond donors (Lipinski definition) is 1. The number of aromatic nitrogens is 1. The van der Waals surface area contributed by atoms with Crippen molar-refractivity contribution in [3.8, 4) is 0 Å². The molecule has 3 rings (SSSR count). The van der Waals surface area contributed by atoms with E-state index >= 15 is 0 Å². The Morgan fingerprint density at radius 2 is 1.85 bits per heavy atom. The second-order valence-electron chi connectivity index (χ2n) is 4.64. The summed E-state index contributed by atoms with van der Waals surface area (Å²) >= 11 is 1.79. The Bertz CT molecular complexity index is 697. The van der Waals surface area contributed by atoms with Gasteiger partial charge in [-0.2, -0.15) is 0 Å². The molecule has 3 heteroatoms. The predicted molar refractivity (Wildman–Crippen MR) is 85.8 cm³/mol. The topological polar surface area (TPSA) is 38.9 Å². The van der Waals surface area contributed by atoms with Gasteiger partial charge in [-0.3, -0.25) is 4.98 Å². The summed E-state index contributed by atoms with van der Waals surface area (Å²) in [5.41, 5.74) is 7.09.